The molecule has 0 aromatic heterocycles. The summed E-state index contributed by atoms with van der Waals surface area (Å²) < 4.78 is 5.51. The highest BCUT2D eigenvalue weighted by atomic mass is 35.5. The number of cyclic esters (lactones) is 1. The second kappa shape index (κ2) is 11.9. The van der Waals surface area contributed by atoms with Crippen LogP contribution in [0.15, 0.2) is 35.5 Å². The highest BCUT2D eigenvalue weighted by molar-refractivity contribution is 6.33. The lowest BCUT2D eigenvalue weighted by Gasteiger charge is -2.16. The molecule has 0 aliphatic carbocycles. The van der Waals surface area contributed by atoms with Gasteiger partial charge in [0.15, 0.2) is 6.61 Å². The Labute approximate surface area is 194 Å². The number of benzene rings is 1. The number of aryl methyl sites for hydroxylation is 2. The van der Waals surface area contributed by atoms with Crippen molar-refractivity contribution in [3.63, 3.8) is 0 Å². The Morgan fingerprint density at radius 1 is 1.12 bits per heavy atom. The van der Waals surface area contributed by atoms with Crippen molar-refractivity contribution in [2.24, 2.45) is 5.16 Å². The van der Waals surface area contributed by atoms with Crippen molar-refractivity contribution in [3.05, 3.63) is 57.6 Å². The van der Waals surface area contributed by atoms with Crippen LogP contribution in [0.1, 0.15) is 59.2 Å². The molecule has 0 radical (unpaired) electrons. The summed E-state index contributed by atoms with van der Waals surface area (Å²) in [7, 11) is 0. The zero-order valence-electron chi connectivity index (χ0n) is 18.9. The van der Waals surface area contributed by atoms with Gasteiger partial charge in [0.05, 0.1) is 17.9 Å². The van der Waals surface area contributed by atoms with Crippen LogP contribution in [0.25, 0.3) is 0 Å². The van der Waals surface area contributed by atoms with E-state index in [-0.39, 0.29) is 12.5 Å². The lowest BCUT2D eigenvalue weighted by Crippen LogP contribution is -2.30. The van der Waals surface area contributed by atoms with Gasteiger partial charge in [-0.05, 0) is 68.7 Å². The number of fused-ring (bicyclic) bond motifs is 1. The number of hydrogen-bond acceptors (Lipinski definition) is 5. The SMILES string of the molecule is Cc1cc(C)c2c(c1Cl)CC(=N/OCC(=O)N1CCCC1)/C=C/CC/C=C/CCOC2=O. The molecule has 6 nitrogen and oxygen atoms in total. The third-order valence-corrected chi connectivity index (χ3v) is 6.15. The number of hydrogen-bond donors (Lipinski definition) is 0. The van der Waals surface area contributed by atoms with E-state index >= 15 is 0 Å². The van der Waals surface area contributed by atoms with Crippen molar-refractivity contribution in [3.8, 4) is 0 Å². The maximum absolute atomic E-state index is 12.9. The molecule has 0 bridgehead atoms. The number of rotatable bonds is 3. The number of halogens is 1. The zero-order chi connectivity index (χ0) is 22.9. The van der Waals surface area contributed by atoms with Gasteiger partial charge in [0.1, 0.15) is 0 Å². The van der Waals surface area contributed by atoms with Gasteiger partial charge in [-0.2, -0.15) is 0 Å². The Hall–Kier alpha value is -2.60. The van der Waals surface area contributed by atoms with Gasteiger partial charge < -0.3 is 14.5 Å². The average Bonchev–Trinajstić information content (AvgIpc) is 3.30. The fourth-order valence-electron chi connectivity index (χ4n) is 3.97. The van der Waals surface area contributed by atoms with Gasteiger partial charge in [-0.15, -0.1) is 0 Å². The highest BCUT2D eigenvalue weighted by Crippen LogP contribution is 2.29. The van der Waals surface area contributed by atoms with Crippen LogP contribution in [-0.2, 0) is 20.8 Å². The Kier molecular flexibility index (Phi) is 8.91. The van der Waals surface area contributed by atoms with Gasteiger partial charge in [0, 0.05) is 24.5 Å². The number of nitrogens with zero attached hydrogens (tertiary/aromatic N) is 2. The van der Waals surface area contributed by atoms with E-state index in [9.17, 15) is 9.59 Å². The summed E-state index contributed by atoms with van der Waals surface area (Å²) in [5.74, 6) is -0.450. The summed E-state index contributed by atoms with van der Waals surface area (Å²) in [4.78, 5) is 32.4. The molecule has 1 fully saturated rings. The van der Waals surface area contributed by atoms with Gasteiger partial charge in [-0.25, -0.2) is 4.79 Å². The van der Waals surface area contributed by atoms with E-state index in [1.165, 1.54) is 0 Å². The summed E-state index contributed by atoms with van der Waals surface area (Å²) in [5, 5.41) is 4.76. The topological polar surface area (TPSA) is 68.2 Å². The van der Waals surface area contributed by atoms with Crippen molar-refractivity contribution < 1.29 is 19.2 Å². The van der Waals surface area contributed by atoms with Crippen LogP contribution in [0.2, 0.25) is 5.02 Å². The third-order valence-electron chi connectivity index (χ3n) is 5.63. The molecule has 0 saturated carbocycles. The lowest BCUT2D eigenvalue weighted by atomic mass is 9.94. The van der Waals surface area contributed by atoms with Crippen molar-refractivity contribution in [1.29, 1.82) is 0 Å². The maximum Gasteiger partial charge on any atom is 0.338 e. The average molecular weight is 459 g/mol. The van der Waals surface area contributed by atoms with Crippen molar-refractivity contribution in [1.82, 2.24) is 4.90 Å². The van der Waals surface area contributed by atoms with Crippen LogP contribution in [0.4, 0.5) is 0 Å². The van der Waals surface area contributed by atoms with E-state index in [2.05, 4.69) is 11.2 Å². The molecule has 3 rings (SSSR count). The third kappa shape index (κ3) is 6.45. The van der Waals surface area contributed by atoms with Crippen LogP contribution < -0.4 is 0 Å². The van der Waals surface area contributed by atoms with E-state index in [1.54, 1.807) is 4.90 Å². The molecule has 7 heteroatoms. The predicted molar refractivity (Wildman–Crippen MR) is 126 cm³/mol. The van der Waals surface area contributed by atoms with Gasteiger partial charge >= 0.3 is 5.97 Å². The minimum atomic E-state index is -0.390. The summed E-state index contributed by atoms with van der Waals surface area (Å²) in [5.41, 5.74) is 3.42. The van der Waals surface area contributed by atoms with Crippen molar-refractivity contribution in [2.75, 3.05) is 26.3 Å². The molecule has 1 amide bonds. The molecule has 0 unspecified atom stereocenters. The van der Waals surface area contributed by atoms with Gasteiger partial charge in [-0.3, -0.25) is 4.79 Å². The van der Waals surface area contributed by atoms with E-state index in [1.807, 2.05) is 38.1 Å². The molecule has 0 atom stereocenters. The quantitative estimate of drug-likeness (QED) is 0.365. The first kappa shape index (κ1) is 24.1. The largest absolute Gasteiger partial charge is 0.462 e. The van der Waals surface area contributed by atoms with E-state index in [0.29, 0.717) is 41.3 Å². The molecular formula is C25H31ClN2O4. The lowest BCUT2D eigenvalue weighted by molar-refractivity contribution is -0.135. The van der Waals surface area contributed by atoms with Gasteiger partial charge in [0.2, 0.25) is 0 Å². The summed E-state index contributed by atoms with van der Waals surface area (Å²) in [6.07, 6.45) is 12.7. The molecule has 1 aromatic carbocycles. The fourth-order valence-corrected chi connectivity index (χ4v) is 4.18. The number of amides is 1. The molecule has 0 spiro atoms. The number of carbonyl (C=O) groups excluding carboxylic acids is 2. The molecular weight excluding hydrogens is 428 g/mol. The molecule has 172 valence electrons. The predicted octanol–water partition coefficient (Wildman–Crippen LogP) is 4.95. The Morgan fingerprint density at radius 2 is 1.84 bits per heavy atom. The first-order valence-corrected chi connectivity index (χ1v) is 11.6. The first-order valence-electron chi connectivity index (χ1n) is 11.2. The number of allylic oxidation sites excluding steroid dienone is 3. The second-order valence-electron chi connectivity index (χ2n) is 8.17. The van der Waals surface area contributed by atoms with Gasteiger partial charge in [-0.1, -0.05) is 41.1 Å². The van der Waals surface area contributed by atoms with Crippen LogP contribution in [0, 0.1) is 13.8 Å². The van der Waals surface area contributed by atoms with Gasteiger partial charge in [0.25, 0.3) is 5.91 Å². The summed E-state index contributed by atoms with van der Waals surface area (Å²) in [6, 6.07) is 1.89. The van der Waals surface area contributed by atoms with E-state index in [4.69, 9.17) is 21.2 Å². The molecule has 32 heavy (non-hydrogen) atoms. The van der Waals surface area contributed by atoms with Crippen molar-refractivity contribution >= 4 is 29.2 Å². The number of ether oxygens (including phenoxy) is 1. The van der Waals surface area contributed by atoms with Crippen LogP contribution in [0.3, 0.4) is 0 Å². The molecule has 1 saturated heterocycles. The van der Waals surface area contributed by atoms with Crippen LogP contribution in [-0.4, -0.2) is 48.8 Å². The van der Waals surface area contributed by atoms with E-state index < -0.39 is 5.97 Å². The molecule has 2 aliphatic rings. The fraction of sp³-hybridized carbons (Fsp3) is 0.480. The number of oxime groups is 1. The summed E-state index contributed by atoms with van der Waals surface area (Å²) in [6.45, 7) is 5.55. The molecule has 2 aliphatic heterocycles. The van der Waals surface area contributed by atoms with Crippen LogP contribution in [0.5, 0.6) is 0 Å². The Balaban J connectivity index is 1.88. The monoisotopic (exact) mass is 458 g/mol. The highest BCUT2D eigenvalue weighted by Gasteiger charge is 2.22. The first-order chi connectivity index (χ1) is 15.5. The summed E-state index contributed by atoms with van der Waals surface area (Å²) >= 11 is 6.64. The molecule has 2 heterocycles. The smallest absolute Gasteiger partial charge is 0.338 e. The minimum Gasteiger partial charge on any atom is -0.462 e. The minimum absolute atomic E-state index is 0.0597. The zero-order valence-corrected chi connectivity index (χ0v) is 19.6. The standard InChI is InChI=1S/C25H31ClN2O4/c1-18-15-19(2)24(26)21-16-20(27-32-17-22(29)28-12-8-9-13-28)11-7-5-3-4-6-10-14-31-25(30)23(18)21/h4,6-7,11,15H,3,5,8-10,12-14,16-17H2,1-2H3/b6-4+,11-7+,27-20+. The second-order valence-corrected chi connectivity index (χ2v) is 8.55. The van der Waals surface area contributed by atoms with Crippen LogP contribution >= 0.6 is 11.6 Å². The van der Waals surface area contributed by atoms with Crippen molar-refractivity contribution in [2.45, 2.75) is 52.4 Å². The Morgan fingerprint density at radius 3 is 2.62 bits per heavy atom. The normalized spacial score (nSPS) is 20.9. The number of esters is 1. The maximum atomic E-state index is 12.9. The number of likely N-dealkylation sites (tertiary alicyclic amines) is 1. The van der Waals surface area contributed by atoms with E-state index in [0.717, 1.165) is 49.9 Å². The Bertz CT molecular complexity index is 930. The molecule has 0 N–H and O–H groups in total. The number of carbonyl (C=O) groups is 2. The molecule has 1 aromatic rings.